The second-order valence-corrected chi connectivity index (χ2v) is 4.93. The summed E-state index contributed by atoms with van der Waals surface area (Å²) in [7, 11) is 1.90. The zero-order valence-electron chi connectivity index (χ0n) is 10.4. The molecule has 3 rings (SSSR count). The molecule has 0 fully saturated rings. The minimum absolute atomic E-state index is 0.769. The molecular weight excluding hydrogens is 258 g/mol. The quantitative estimate of drug-likeness (QED) is 0.739. The van der Waals surface area contributed by atoms with Crippen LogP contribution in [0.5, 0.6) is 0 Å². The van der Waals surface area contributed by atoms with Crippen molar-refractivity contribution in [2.75, 3.05) is 12.4 Å². The Morgan fingerprint density at radius 2 is 2.21 bits per heavy atom. The summed E-state index contributed by atoms with van der Waals surface area (Å²) < 4.78 is 1.98. The molecule has 3 aromatic heterocycles. The fraction of sp³-hybridized carbons (Fsp3) is 0.154. The molecule has 0 atom stereocenters. The lowest BCUT2D eigenvalue weighted by atomic mass is 10.3. The van der Waals surface area contributed by atoms with Crippen LogP contribution in [0.3, 0.4) is 0 Å². The van der Waals surface area contributed by atoms with Gasteiger partial charge in [0.1, 0.15) is 0 Å². The first-order chi connectivity index (χ1) is 9.36. The Morgan fingerprint density at radius 1 is 1.26 bits per heavy atom. The smallest absolute Gasteiger partial charge is 0.195 e. The minimum atomic E-state index is 0.769. The zero-order chi connectivity index (χ0) is 13.1. The molecule has 3 heterocycles. The normalized spacial score (nSPS) is 10.8. The fourth-order valence-electron chi connectivity index (χ4n) is 1.77. The molecule has 0 aliphatic carbocycles. The number of fused-ring (bicyclic) bond motifs is 1. The monoisotopic (exact) mass is 271 g/mol. The van der Waals surface area contributed by atoms with Crippen LogP contribution < -0.4 is 5.32 Å². The lowest BCUT2D eigenvalue weighted by Gasteiger charge is -2.03. The third kappa shape index (κ3) is 2.53. The van der Waals surface area contributed by atoms with Crippen LogP contribution >= 0.6 is 11.8 Å². The van der Waals surface area contributed by atoms with Crippen LogP contribution in [0.1, 0.15) is 5.69 Å². The third-order valence-electron chi connectivity index (χ3n) is 2.74. The summed E-state index contributed by atoms with van der Waals surface area (Å²) in [5.74, 6) is 0.769. The summed E-state index contributed by atoms with van der Waals surface area (Å²) in [5.41, 5.74) is 2.95. The molecule has 1 N–H and O–H groups in total. The van der Waals surface area contributed by atoms with Crippen molar-refractivity contribution in [3.05, 3.63) is 48.4 Å². The van der Waals surface area contributed by atoms with Gasteiger partial charge in [-0.3, -0.25) is 9.38 Å². The number of pyridine rings is 2. The van der Waals surface area contributed by atoms with Crippen LogP contribution in [0.25, 0.3) is 5.65 Å². The molecule has 0 aromatic carbocycles. The van der Waals surface area contributed by atoms with Crippen molar-refractivity contribution in [2.24, 2.45) is 0 Å². The standard InChI is InChI=1S/C13H13N5S/c1-14-10-5-6-15-11(8-10)9-19-13-17-16-12-4-2-3-7-18(12)13/h2-8H,9H2,1H3,(H,14,15). The molecule has 0 aliphatic heterocycles. The molecule has 0 saturated carbocycles. The Hall–Kier alpha value is -2.08. The fourth-order valence-corrected chi connectivity index (χ4v) is 2.60. The molecule has 96 valence electrons. The van der Waals surface area contributed by atoms with Gasteiger partial charge in [0, 0.05) is 30.9 Å². The predicted octanol–water partition coefficient (Wildman–Crippen LogP) is 2.46. The maximum absolute atomic E-state index is 4.35. The maximum atomic E-state index is 4.35. The molecule has 0 radical (unpaired) electrons. The lowest BCUT2D eigenvalue weighted by molar-refractivity contribution is 0.920. The SMILES string of the molecule is CNc1ccnc(CSc2nnc3ccccn23)c1. The van der Waals surface area contributed by atoms with E-state index in [9.17, 15) is 0 Å². The highest BCUT2D eigenvalue weighted by Crippen LogP contribution is 2.21. The highest BCUT2D eigenvalue weighted by molar-refractivity contribution is 7.98. The predicted molar refractivity (Wildman–Crippen MR) is 76.3 cm³/mol. The Balaban J connectivity index is 1.78. The lowest BCUT2D eigenvalue weighted by Crippen LogP contribution is -1.93. The van der Waals surface area contributed by atoms with Gasteiger partial charge < -0.3 is 5.32 Å². The molecule has 0 spiro atoms. The Kier molecular flexibility index (Phi) is 3.33. The molecule has 0 amide bonds. The van der Waals surface area contributed by atoms with E-state index in [1.54, 1.807) is 11.8 Å². The van der Waals surface area contributed by atoms with Gasteiger partial charge in [-0.1, -0.05) is 17.8 Å². The van der Waals surface area contributed by atoms with E-state index >= 15 is 0 Å². The largest absolute Gasteiger partial charge is 0.388 e. The first-order valence-corrected chi connectivity index (χ1v) is 6.90. The van der Waals surface area contributed by atoms with Crippen molar-refractivity contribution < 1.29 is 0 Å². The molecule has 0 unspecified atom stereocenters. The van der Waals surface area contributed by atoms with Crippen LogP contribution in [0.4, 0.5) is 5.69 Å². The molecule has 19 heavy (non-hydrogen) atoms. The maximum Gasteiger partial charge on any atom is 0.195 e. The van der Waals surface area contributed by atoms with Gasteiger partial charge in [-0.2, -0.15) is 0 Å². The van der Waals surface area contributed by atoms with E-state index in [2.05, 4.69) is 20.5 Å². The van der Waals surface area contributed by atoms with Gasteiger partial charge in [-0.25, -0.2) is 0 Å². The van der Waals surface area contributed by atoms with Crippen molar-refractivity contribution in [3.63, 3.8) is 0 Å². The van der Waals surface area contributed by atoms with Crippen molar-refractivity contribution in [2.45, 2.75) is 10.9 Å². The van der Waals surface area contributed by atoms with E-state index in [1.165, 1.54) is 0 Å². The number of hydrogen-bond donors (Lipinski definition) is 1. The van der Waals surface area contributed by atoms with E-state index < -0.39 is 0 Å². The highest BCUT2D eigenvalue weighted by Gasteiger charge is 2.06. The summed E-state index contributed by atoms with van der Waals surface area (Å²) in [6.45, 7) is 0. The number of anilines is 1. The second-order valence-electron chi connectivity index (χ2n) is 3.99. The first kappa shape index (κ1) is 12.0. The second kappa shape index (κ2) is 5.27. The van der Waals surface area contributed by atoms with E-state index in [0.29, 0.717) is 0 Å². The van der Waals surface area contributed by atoms with Crippen LogP contribution in [0.15, 0.2) is 47.9 Å². The Morgan fingerprint density at radius 3 is 3.11 bits per heavy atom. The van der Waals surface area contributed by atoms with E-state index in [0.717, 1.165) is 27.9 Å². The first-order valence-electron chi connectivity index (χ1n) is 5.92. The highest BCUT2D eigenvalue weighted by atomic mass is 32.2. The summed E-state index contributed by atoms with van der Waals surface area (Å²) in [6.07, 6.45) is 3.78. The summed E-state index contributed by atoms with van der Waals surface area (Å²) in [5, 5.41) is 12.3. The summed E-state index contributed by atoms with van der Waals surface area (Å²) >= 11 is 1.63. The molecule has 0 saturated heterocycles. The molecule has 5 nitrogen and oxygen atoms in total. The molecule has 3 aromatic rings. The number of nitrogens with one attached hydrogen (secondary N) is 1. The van der Waals surface area contributed by atoms with E-state index in [4.69, 9.17) is 0 Å². The number of hydrogen-bond acceptors (Lipinski definition) is 5. The van der Waals surface area contributed by atoms with Crippen molar-refractivity contribution in [1.82, 2.24) is 19.6 Å². The van der Waals surface area contributed by atoms with Crippen molar-refractivity contribution >= 4 is 23.1 Å². The van der Waals surface area contributed by atoms with Crippen molar-refractivity contribution in [1.29, 1.82) is 0 Å². The topological polar surface area (TPSA) is 55.1 Å². The van der Waals surface area contributed by atoms with Crippen LogP contribution in [-0.4, -0.2) is 26.6 Å². The van der Waals surface area contributed by atoms with E-state index in [1.807, 2.05) is 54.2 Å². The molecule has 0 aliphatic rings. The number of thioether (sulfide) groups is 1. The van der Waals surface area contributed by atoms with Gasteiger partial charge in [-0.05, 0) is 24.3 Å². The van der Waals surface area contributed by atoms with Gasteiger partial charge in [0.05, 0.1) is 5.69 Å². The van der Waals surface area contributed by atoms with Gasteiger partial charge >= 0.3 is 0 Å². The van der Waals surface area contributed by atoms with Crippen LogP contribution in [0.2, 0.25) is 0 Å². The van der Waals surface area contributed by atoms with Gasteiger partial charge in [0.15, 0.2) is 10.8 Å². The average molecular weight is 271 g/mol. The Bertz CT molecular complexity index is 694. The number of rotatable bonds is 4. The van der Waals surface area contributed by atoms with Crippen molar-refractivity contribution in [3.8, 4) is 0 Å². The number of nitrogens with zero attached hydrogens (tertiary/aromatic N) is 4. The van der Waals surface area contributed by atoms with Crippen LogP contribution in [0, 0.1) is 0 Å². The molecular formula is C13H13N5S. The zero-order valence-corrected chi connectivity index (χ0v) is 11.3. The summed E-state index contributed by atoms with van der Waals surface area (Å²) in [6, 6.07) is 9.85. The van der Waals surface area contributed by atoms with E-state index in [-0.39, 0.29) is 0 Å². The van der Waals surface area contributed by atoms with Gasteiger partial charge in [0.25, 0.3) is 0 Å². The minimum Gasteiger partial charge on any atom is -0.388 e. The third-order valence-corrected chi connectivity index (χ3v) is 3.71. The summed E-state index contributed by atoms with van der Waals surface area (Å²) in [4.78, 5) is 4.35. The Labute approximate surface area is 115 Å². The average Bonchev–Trinajstić information content (AvgIpc) is 2.89. The van der Waals surface area contributed by atoms with Gasteiger partial charge in [0.2, 0.25) is 0 Å². The number of aromatic nitrogens is 4. The molecule has 6 heteroatoms. The van der Waals surface area contributed by atoms with Gasteiger partial charge in [-0.15, -0.1) is 10.2 Å². The molecule has 0 bridgehead atoms. The van der Waals surface area contributed by atoms with Crippen LogP contribution in [-0.2, 0) is 5.75 Å².